The first-order valence-corrected chi connectivity index (χ1v) is 9.83. The van der Waals surface area contributed by atoms with Crippen molar-refractivity contribution in [3.63, 3.8) is 0 Å². The maximum Gasteiger partial charge on any atom is 0.321 e. The smallest absolute Gasteiger partial charge is 0.321 e. The molecule has 1 aliphatic carbocycles. The van der Waals surface area contributed by atoms with Gasteiger partial charge in [0.15, 0.2) is 0 Å². The molecule has 2 N–H and O–H groups in total. The predicted molar refractivity (Wildman–Crippen MR) is 107 cm³/mol. The van der Waals surface area contributed by atoms with Gasteiger partial charge in [-0.1, -0.05) is 30.3 Å². The molecule has 2 aromatic rings. The SMILES string of the molecule is O=C(Nc1ccc(F)cc1)N1C[C@@H]2CC[C@]3(N=C(c4ccccc4)NC3=O)[C@@H]2C1. The maximum absolute atomic E-state index is 13.1. The minimum atomic E-state index is -0.791. The largest absolute Gasteiger partial charge is 0.324 e. The molecular formula is C22H21FN4O2. The molecule has 2 aromatic carbocycles. The fourth-order valence-electron chi connectivity index (χ4n) is 4.84. The molecule has 6 nitrogen and oxygen atoms in total. The van der Waals surface area contributed by atoms with Crippen LogP contribution in [-0.4, -0.2) is 41.3 Å². The van der Waals surface area contributed by atoms with E-state index < -0.39 is 5.54 Å². The normalized spacial score (nSPS) is 27.7. The topological polar surface area (TPSA) is 73.8 Å². The number of anilines is 1. The van der Waals surface area contributed by atoms with E-state index >= 15 is 0 Å². The Morgan fingerprint density at radius 2 is 1.90 bits per heavy atom. The van der Waals surface area contributed by atoms with Gasteiger partial charge >= 0.3 is 6.03 Å². The van der Waals surface area contributed by atoms with Gasteiger partial charge in [0.1, 0.15) is 17.2 Å². The molecule has 148 valence electrons. The molecule has 3 aliphatic rings. The first-order valence-electron chi connectivity index (χ1n) is 9.83. The van der Waals surface area contributed by atoms with Crippen LogP contribution in [0.3, 0.4) is 0 Å². The summed E-state index contributed by atoms with van der Waals surface area (Å²) in [5.41, 5.74) is 0.650. The fraction of sp³-hybridized carbons (Fsp3) is 0.318. The van der Waals surface area contributed by atoms with E-state index in [0.29, 0.717) is 31.0 Å². The first kappa shape index (κ1) is 17.8. The zero-order chi connectivity index (χ0) is 20.0. The highest BCUT2D eigenvalue weighted by Crippen LogP contribution is 2.49. The van der Waals surface area contributed by atoms with Gasteiger partial charge in [-0.05, 0) is 43.0 Å². The van der Waals surface area contributed by atoms with Crippen LogP contribution in [0, 0.1) is 17.7 Å². The van der Waals surface area contributed by atoms with Gasteiger partial charge in [0, 0.05) is 30.3 Å². The molecule has 29 heavy (non-hydrogen) atoms. The molecule has 0 aromatic heterocycles. The van der Waals surface area contributed by atoms with Crippen LogP contribution < -0.4 is 10.6 Å². The van der Waals surface area contributed by atoms with Crippen molar-refractivity contribution in [2.45, 2.75) is 18.4 Å². The number of hydrogen-bond acceptors (Lipinski definition) is 3. The highest BCUT2D eigenvalue weighted by molar-refractivity contribution is 6.15. The number of likely N-dealkylation sites (tertiary alicyclic amines) is 1. The number of halogens is 1. The van der Waals surface area contributed by atoms with Gasteiger partial charge in [-0.25, -0.2) is 9.18 Å². The highest BCUT2D eigenvalue weighted by atomic mass is 19.1. The molecule has 3 amide bonds. The van der Waals surface area contributed by atoms with E-state index in [9.17, 15) is 14.0 Å². The van der Waals surface area contributed by atoms with Crippen LogP contribution in [0.4, 0.5) is 14.9 Å². The molecule has 2 fully saturated rings. The lowest BCUT2D eigenvalue weighted by Crippen LogP contribution is -2.45. The van der Waals surface area contributed by atoms with Crippen LogP contribution in [-0.2, 0) is 4.79 Å². The Morgan fingerprint density at radius 1 is 1.14 bits per heavy atom. The highest BCUT2D eigenvalue weighted by Gasteiger charge is 2.59. The molecule has 2 heterocycles. The van der Waals surface area contributed by atoms with Crippen molar-refractivity contribution in [2.75, 3.05) is 18.4 Å². The molecule has 2 aliphatic heterocycles. The maximum atomic E-state index is 13.1. The Labute approximate surface area is 167 Å². The molecular weight excluding hydrogens is 371 g/mol. The molecule has 1 spiro atoms. The molecule has 5 rings (SSSR count). The van der Waals surface area contributed by atoms with Crippen molar-refractivity contribution in [1.29, 1.82) is 0 Å². The summed E-state index contributed by atoms with van der Waals surface area (Å²) in [6.07, 6.45) is 1.57. The number of urea groups is 1. The van der Waals surface area contributed by atoms with Crippen LogP contribution in [0.2, 0.25) is 0 Å². The van der Waals surface area contributed by atoms with E-state index in [2.05, 4.69) is 10.6 Å². The Morgan fingerprint density at radius 3 is 2.66 bits per heavy atom. The van der Waals surface area contributed by atoms with Crippen molar-refractivity contribution < 1.29 is 14.0 Å². The lowest BCUT2D eigenvalue weighted by atomic mass is 9.85. The van der Waals surface area contributed by atoms with Gasteiger partial charge in [0.25, 0.3) is 5.91 Å². The van der Waals surface area contributed by atoms with Crippen molar-refractivity contribution in [3.05, 3.63) is 66.0 Å². The number of carbonyl (C=O) groups is 2. The van der Waals surface area contributed by atoms with Crippen LogP contribution in [0.15, 0.2) is 59.6 Å². The van der Waals surface area contributed by atoms with Crippen molar-refractivity contribution in [1.82, 2.24) is 10.2 Å². The van der Waals surface area contributed by atoms with Crippen LogP contribution in [0.1, 0.15) is 18.4 Å². The van der Waals surface area contributed by atoms with Gasteiger partial charge in [0.2, 0.25) is 0 Å². The Hall–Kier alpha value is -3.22. The van der Waals surface area contributed by atoms with Gasteiger partial charge in [0.05, 0.1) is 0 Å². The van der Waals surface area contributed by atoms with Crippen molar-refractivity contribution in [3.8, 4) is 0 Å². The zero-order valence-electron chi connectivity index (χ0n) is 15.8. The summed E-state index contributed by atoms with van der Waals surface area (Å²) in [5, 5.41) is 5.77. The molecule has 0 radical (unpaired) electrons. The van der Waals surface area contributed by atoms with Crippen LogP contribution in [0.25, 0.3) is 0 Å². The van der Waals surface area contributed by atoms with Crippen molar-refractivity contribution >= 4 is 23.5 Å². The molecule has 0 unspecified atom stereocenters. The molecule has 1 saturated carbocycles. The number of aliphatic imine (C=N–C) groups is 1. The second-order valence-electron chi connectivity index (χ2n) is 7.95. The van der Waals surface area contributed by atoms with E-state index in [-0.39, 0.29) is 29.6 Å². The van der Waals surface area contributed by atoms with Gasteiger partial charge in [-0.15, -0.1) is 0 Å². The van der Waals surface area contributed by atoms with E-state index in [4.69, 9.17) is 4.99 Å². The Balaban J connectivity index is 1.34. The molecule has 7 heteroatoms. The van der Waals surface area contributed by atoms with E-state index in [1.807, 2.05) is 30.3 Å². The third kappa shape index (κ3) is 2.97. The Bertz CT molecular complexity index is 992. The lowest BCUT2D eigenvalue weighted by molar-refractivity contribution is -0.124. The summed E-state index contributed by atoms with van der Waals surface area (Å²) in [6, 6.07) is 15.1. The minimum absolute atomic E-state index is 0.00248. The third-order valence-corrected chi connectivity index (χ3v) is 6.32. The monoisotopic (exact) mass is 392 g/mol. The summed E-state index contributed by atoms with van der Waals surface area (Å²) >= 11 is 0. The number of fused-ring (bicyclic) bond motifs is 2. The molecule has 3 atom stereocenters. The molecule has 0 bridgehead atoms. The summed E-state index contributed by atoms with van der Waals surface area (Å²) in [7, 11) is 0. The quantitative estimate of drug-likeness (QED) is 0.825. The number of amidine groups is 1. The van der Waals surface area contributed by atoms with Gasteiger partial charge in [-0.3, -0.25) is 9.79 Å². The van der Waals surface area contributed by atoms with E-state index in [1.165, 1.54) is 24.3 Å². The second-order valence-corrected chi connectivity index (χ2v) is 7.95. The zero-order valence-corrected chi connectivity index (χ0v) is 15.8. The summed E-state index contributed by atoms with van der Waals surface area (Å²) in [4.78, 5) is 32.2. The minimum Gasteiger partial charge on any atom is -0.324 e. The number of amides is 3. The lowest BCUT2D eigenvalue weighted by Gasteiger charge is -2.25. The number of nitrogens with one attached hydrogen (secondary N) is 2. The fourth-order valence-corrected chi connectivity index (χ4v) is 4.84. The van der Waals surface area contributed by atoms with Gasteiger partial charge in [-0.2, -0.15) is 0 Å². The van der Waals surface area contributed by atoms with Crippen molar-refractivity contribution in [2.24, 2.45) is 16.8 Å². The van der Waals surface area contributed by atoms with Crippen LogP contribution >= 0.6 is 0 Å². The summed E-state index contributed by atoms with van der Waals surface area (Å²) in [6.45, 7) is 1.08. The number of carbonyl (C=O) groups excluding carboxylic acids is 2. The number of benzene rings is 2. The number of nitrogens with zero attached hydrogens (tertiary/aromatic N) is 2. The predicted octanol–water partition coefficient (Wildman–Crippen LogP) is 3.01. The standard InChI is InChI=1S/C22H21FN4O2/c23-16-6-8-17(9-7-16)24-21(29)27-12-15-10-11-22(18(15)13-27)20(28)25-19(26-22)14-4-2-1-3-5-14/h1-9,15,18H,10-13H2,(H,24,29)(H,25,26,28)/t15-,18+,22-/m0/s1. The van der Waals surface area contributed by atoms with Gasteiger partial charge < -0.3 is 15.5 Å². The average molecular weight is 392 g/mol. The van der Waals surface area contributed by atoms with Crippen LogP contribution in [0.5, 0.6) is 0 Å². The Kier molecular flexibility index (Phi) is 4.12. The second kappa shape index (κ2) is 6.69. The summed E-state index contributed by atoms with van der Waals surface area (Å²) < 4.78 is 13.1. The van der Waals surface area contributed by atoms with E-state index in [1.54, 1.807) is 4.90 Å². The number of rotatable bonds is 2. The molecule has 1 saturated heterocycles. The first-order chi connectivity index (χ1) is 14.0. The third-order valence-electron chi connectivity index (χ3n) is 6.32. The summed E-state index contributed by atoms with van der Waals surface area (Å²) in [5.74, 6) is 0.455. The van der Waals surface area contributed by atoms with E-state index in [0.717, 1.165) is 12.0 Å². The number of hydrogen-bond donors (Lipinski definition) is 2. The average Bonchev–Trinajstić information content (AvgIpc) is 3.40.